The maximum absolute atomic E-state index is 11.9. The molecule has 4 nitrogen and oxygen atoms in total. The van der Waals surface area contributed by atoms with Crippen LogP contribution in [0, 0.1) is 6.92 Å². The van der Waals surface area contributed by atoms with Gasteiger partial charge >= 0.3 is 0 Å². The summed E-state index contributed by atoms with van der Waals surface area (Å²) >= 11 is 11.7. The summed E-state index contributed by atoms with van der Waals surface area (Å²) in [5.41, 5.74) is 0.898. The molecule has 0 bridgehead atoms. The van der Waals surface area contributed by atoms with Crippen LogP contribution in [0.25, 0.3) is 0 Å². The van der Waals surface area contributed by atoms with Crippen molar-refractivity contribution in [3.8, 4) is 0 Å². The van der Waals surface area contributed by atoms with Gasteiger partial charge in [-0.3, -0.25) is 4.79 Å². The van der Waals surface area contributed by atoms with E-state index in [1.165, 1.54) is 12.4 Å². The molecule has 18 heavy (non-hydrogen) atoms. The highest BCUT2D eigenvalue weighted by Crippen LogP contribution is 2.22. The first-order valence-corrected chi connectivity index (χ1v) is 5.86. The normalized spacial score (nSPS) is 10.2. The van der Waals surface area contributed by atoms with Gasteiger partial charge in [0.1, 0.15) is 5.82 Å². The molecule has 0 saturated carbocycles. The van der Waals surface area contributed by atoms with Gasteiger partial charge in [0.25, 0.3) is 5.91 Å². The number of nitrogens with zero attached hydrogens (tertiary/aromatic N) is 2. The molecule has 2 aromatic rings. The number of anilines is 1. The van der Waals surface area contributed by atoms with Crippen molar-refractivity contribution in [2.45, 2.75) is 6.92 Å². The van der Waals surface area contributed by atoms with E-state index in [9.17, 15) is 4.79 Å². The molecule has 0 unspecified atom stereocenters. The molecule has 0 radical (unpaired) electrons. The molecule has 0 aliphatic rings. The minimum Gasteiger partial charge on any atom is -0.322 e. The first kappa shape index (κ1) is 12.8. The van der Waals surface area contributed by atoms with Gasteiger partial charge in [0.2, 0.25) is 0 Å². The topological polar surface area (TPSA) is 54.9 Å². The maximum atomic E-state index is 11.9. The van der Waals surface area contributed by atoms with E-state index in [1.54, 1.807) is 25.1 Å². The van der Waals surface area contributed by atoms with Crippen molar-refractivity contribution in [2.75, 3.05) is 5.32 Å². The lowest BCUT2D eigenvalue weighted by Crippen LogP contribution is -2.12. The predicted octanol–water partition coefficient (Wildman–Crippen LogP) is 3.34. The third-order valence-corrected chi connectivity index (χ3v) is 2.60. The molecule has 1 amide bonds. The summed E-state index contributed by atoms with van der Waals surface area (Å²) in [5.74, 6) is 0.297. The highest BCUT2D eigenvalue weighted by atomic mass is 35.5. The second-order valence-corrected chi connectivity index (χ2v) is 4.50. The molecule has 1 aromatic carbocycles. The van der Waals surface area contributed by atoms with E-state index in [0.717, 1.165) is 0 Å². The third kappa shape index (κ3) is 3.18. The molecule has 0 atom stereocenters. The molecule has 1 heterocycles. The molecular weight excluding hydrogens is 273 g/mol. The van der Waals surface area contributed by atoms with Crippen molar-refractivity contribution >= 4 is 34.8 Å². The second kappa shape index (κ2) is 5.33. The zero-order chi connectivity index (χ0) is 13.1. The summed E-state index contributed by atoms with van der Waals surface area (Å²) in [7, 11) is 0. The molecule has 1 N–H and O–H groups in total. The van der Waals surface area contributed by atoms with Crippen molar-refractivity contribution in [3.05, 3.63) is 52.0 Å². The molecule has 92 valence electrons. The van der Waals surface area contributed by atoms with E-state index < -0.39 is 0 Å². The molecule has 6 heteroatoms. The van der Waals surface area contributed by atoms with E-state index in [0.29, 0.717) is 27.1 Å². The number of nitrogens with one attached hydrogen (secondary N) is 1. The van der Waals surface area contributed by atoms with Crippen LogP contribution in [0.4, 0.5) is 5.69 Å². The number of hydrogen-bond donors (Lipinski definition) is 1. The number of aromatic nitrogens is 2. The van der Waals surface area contributed by atoms with Gasteiger partial charge < -0.3 is 5.32 Å². The zero-order valence-corrected chi connectivity index (χ0v) is 11.0. The van der Waals surface area contributed by atoms with Crippen LogP contribution in [-0.4, -0.2) is 15.9 Å². The summed E-state index contributed by atoms with van der Waals surface area (Å²) in [5, 5.41) is 3.58. The molecule has 2 rings (SSSR count). The predicted molar refractivity (Wildman–Crippen MR) is 71.2 cm³/mol. The van der Waals surface area contributed by atoms with Crippen LogP contribution in [-0.2, 0) is 0 Å². The Hall–Kier alpha value is -1.65. The highest BCUT2D eigenvalue weighted by molar-refractivity contribution is 6.35. The van der Waals surface area contributed by atoms with Crippen LogP contribution in [0.5, 0.6) is 0 Å². The van der Waals surface area contributed by atoms with Crippen LogP contribution < -0.4 is 5.32 Å². The summed E-state index contributed by atoms with van der Waals surface area (Å²) in [6, 6.07) is 4.81. The van der Waals surface area contributed by atoms with Gasteiger partial charge in [-0.1, -0.05) is 23.2 Å². The van der Waals surface area contributed by atoms with Crippen molar-refractivity contribution in [1.82, 2.24) is 9.97 Å². The molecule has 0 saturated heterocycles. The van der Waals surface area contributed by atoms with Crippen molar-refractivity contribution in [3.63, 3.8) is 0 Å². The fourth-order valence-electron chi connectivity index (χ4n) is 1.34. The minimum absolute atomic E-state index is 0.312. The number of halogens is 2. The number of carbonyl (C=O) groups is 1. The van der Waals surface area contributed by atoms with Gasteiger partial charge in [-0.25, -0.2) is 9.97 Å². The standard InChI is InChI=1S/C12H9Cl2N3O/c1-7-15-5-8(6-16-7)12(18)17-11-3-9(13)2-10(14)4-11/h2-6H,1H3,(H,17,18). The highest BCUT2D eigenvalue weighted by Gasteiger charge is 2.08. The quantitative estimate of drug-likeness (QED) is 0.919. The van der Waals surface area contributed by atoms with E-state index in [-0.39, 0.29) is 5.91 Å². The number of rotatable bonds is 2. The SMILES string of the molecule is Cc1ncc(C(=O)Nc2cc(Cl)cc(Cl)c2)cn1. The number of amides is 1. The number of aryl methyl sites for hydroxylation is 1. The Labute approximate surface area is 114 Å². The second-order valence-electron chi connectivity index (χ2n) is 3.63. The number of benzene rings is 1. The molecule has 1 aromatic heterocycles. The van der Waals surface area contributed by atoms with Gasteiger partial charge in [-0.2, -0.15) is 0 Å². The van der Waals surface area contributed by atoms with Crippen LogP contribution in [0.1, 0.15) is 16.2 Å². The first-order chi connectivity index (χ1) is 8.54. The smallest absolute Gasteiger partial charge is 0.258 e. The Balaban J connectivity index is 2.18. The largest absolute Gasteiger partial charge is 0.322 e. The average Bonchev–Trinajstić information content (AvgIpc) is 2.28. The Morgan fingerprint density at radius 3 is 2.22 bits per heavy atom. The van der Waals surface area contributed by atoms with Crippen molar-refractivity contribution in [1.29, 1.82) is 0 Å². The fraction of sp³-hybridized carbons (Fsp3) is 0.0833. The first-order valence-electron chi connectivity index (χ1n) is 5.11. The lowest BCUT2D eigenvalue weighted by molar-refractivity contribution is 0.102. The lowest BCUT2D eigenvalue weighted by Gasteiger charge is -2.06. The van der Waals surface area contributed by atoms with Crippen molar-refractivity contribution in [2.24, 2.45) is 0 Å². The fourth-order valence-corrected chi connectivity index (χ4v) is 1.87. The van der Waals surface area contributed by atoms with Crippen LogP contribution in [0.3, 0.4) is 0 Å². The Morgan fingerprint density at radius 2 is 1.67 bits per heavy atom. The molecule has 0 fully saturated rings. The Kier molecular flexibility index (Phi) is 3.79. The Morgan fingerprint density at radius 1 is 1.11 bits per heavy atom. The van der Waals surface area contributed by atoms with E-state index in [4.69, 9.17) is 23.2 Å². The molecule has 0 aliphatic heterocycles. The Bertz CT molecular complexity index is 564. The number of hydrogen-bond acceptors (Lipinski definition) is 3. The lowest BCUT2D eigenvalue weighted by atomic mass is 10.2. The maximum Gasteiger partial charge on any atom is 0.258 e. The van der Waals surface area contributed by atoms with Crippen LogP contribution in [0.15, 0.2) is 30.6 Å². The van der Waals surface area contributed by atoms with Gasteiger partial charge in [0.15, 0.2) is 0 Å². The summed E-state index contributed by atoms with van der Waals surface area (Å²) in [6.45, 7) is 1.75. The van der Waals surface area contributed by atoms with Gasteiger partial charge in [0.05, 0.1) is 5.56 Å². The monoisotopic (exact) mass is 281 g/mol. The number of carbonyl (C=O) groups excluding carboxylic acids is 1. The average molecular weight is 282 g/mol. The third-order valence-electron chi connectivity index (χ3n) is 2.16. The van der Waals surface area contributed by atoms with E-state index in [1.807, 2.05) is 0 Å². The van der Waals surface area contributed by atoms with Crippen LogP contribution in [0.2, 0.25) is 10.0 Å². The molecule has 0 spiro atoms. The van der Waals surface area contributed by atoms with Gasteiger partial charge in [-0.05, 0) is 25.1 Å². The van der Waals surface area contributed by atoms with Crippen molar-refractivity contribution < 1.29 is 4.79 Å². The van der Waals surface area contributed by atoms with Gasteiger partial charge in [0, 0.05) is 28.1 Å². The summed E-state index contributed by atoms with van der Waals surface area (Å²) < 4.78 is 0. The molecular formula is C12H9Cl2N3O. The van der Waals surface area contributed by atoms with E-state index >= 15 is 0 Å². The van der Waals surface area contributed by atoms with E-state index in [2.05, 4.69) is 15.3 Å². The minimum atomic E-state index is -0.312. The van der Waals surface area contributed by atoms with Gasteiger partial charge in [-0.15, -0.1) is 0 Å². The summed E-state index contributed by atoms with van der Waals surface area (Å²) in [4.78, 5) is 19.8. The zero-order valence-electron chi connectivity index (χ0n) is 9.45. The summed E-state index contributed by atoms with van der Waals surface area (Å²) in [6.07, 6.45) is 2.92. The molecule has 0 aliphatic carbocycles. The van der Waals surface area contributed by atoms with Crippen LogP contribution >= 0.6 is 23.2 Å².